The Bertz CT molecular complexity index is 913. The number of methoxy groups -OCH3 is 2. The molecule has 1 heterocycles. The molecule has 0 bridgehead atoms. The second-order valence-corrected chi connectivity index (χ2v) is 5.94. The average Bonchev–Trinajstić information content (AvgIpc) is 2.96. The number of ether oxygens (including phenoxy) is 2. The number of hydrogen-bond acceptors (Lipinski definition) is 4. The third kappa shape index (κ3) is 3.39. The van der Waals surface area contributed by atoms with Gasteiger partial charge in [-0.25, -0.2) is 9.13 Å². The maximum atomic E-state index is 12.6. The summed E-state index contributed by atoms with van der Waals surface area (Å²) in [5.74, 6) is 2.00. The Balaban J connectivity index is 1.85. The molecule has 0 aliphatic heterocycles. The van der Waals surface area contributed by atoms with Crippen molar-refractivity contribution in [1.29, 1.82) is 0 Å². The van der Waals surface area contributed by atoms with Gasteiger partial charge < -0.3 is 9.47 Å². The van der Waals surface area contributed by atoms with Crippen LogP contribution in [0.3, 0.4) is 0 Å². The molecule has 0 aliphatic rings. The lowest BCUT2D eigenvalue weighted by Gasteiger charge is -2.02. The van der Waals surface area contributed by atoms with Gasteiger partial charge in [-0.1, -0.05) is 0 Å². The van der Waals surface area contributed by atoms with Gasteiger partial charge in [0.1, 0.15) is 29.9 Å². The Morgan fingerprint density at radius 3 is 2.08 bits per heavy atom. The molecule has 0 saturated carbocycles. The molecule has 0 atom stereocenters. The number of ketones is 1. The fraction of sp³-hybridized carbons (Fsp3) is 0.200. The number of benzene rings is 2. The normalized spacial score (nSPS) is 10.6. The Morgan fingerprint density at radius 2 is 1.54 bits per heavy atom. The van der Waals surface area contributed by atoms with Crippen LogP contribution in [-0.4, -0.2) is 24.6 Å². The van der Waals surface area contributed by atoms with Gasteiger partial charge >= 0.3 is 5.95 Å². The van der Waals surface area contributed by atoms with E-state index in [2.05, 4.69) is 0 Å². The maximum Gasteiger partial charge on any atom is 0.355 e. The zero-order valence-electron chi connectivity index (χ0n) is 15.1. The van der Waals surface area contributed by atoms with Crippen LogP contribution in [0.5, 0.6) is 11.5 Å². The number of hydrogen-bond donors (Lipinski definition) is 1. The largest absolute Gasteiger partial charge is 0.497 e. The molecule has 134 valence electrons. The molecule has 3 aromatic rings. The van der Waals surface area contributed by atoms with Crippen LogP contribution in [0.15, 0.2) is 54.7 Å². The zero-order chi connectivity index (χ0) is 18.7. The van der Waals surface area contributed by atoms with Gasteiger partial charge in [-0.15, -0.1) is 0 Å². The molecule has 6 nitrogen and oxygen atoms in total. The van der Waals surface area contributed by atoms with E-state index in [0.717, 1.165) is 22.8 Å². The van der Waals surface area contributed by atoms with Crippen molar-refractivity contribution in [2.75, 3.05) is 20.0 Å². The topological polar surface area (TPSA) is 70.4 Å². The van der Waals surface area contributed by atoms with E-state index in [1.54, 1.807) is 43.1 Å². The highest BCUT2D eigenvalue weighted by Gasteiger charge is 2.20. The molecule has 0 spiro atoms. The van der Waals surface area contributed by atoms with Crippen molar-refractivity contribution in [2.24, 2.45) is 7.05 Å². The summed E-state index contributed by atoms with van der Waals surface area (Å²) in [4.78, 5) is 12.6. The predicted octanol–water partition coefficient (Wildman–Crippen LogP) is 2.46. The highest BCUT2D eigenvalue weighted by atomic mass is 16.5. The van der Waals surface area contributed by atoms with Crippen LogP contribution in [0.2, 0.25) is 0 Å². The monoisotopic (exact) mass is 352 g/mol. The molecule has 3 rings (SSSR count). The van der Waals surface area contributed by atoms with Crippen molar-refractivity contribution in [3.63, 3.8) is 0 Å². The van der Waals surface area contributed by atoms with E-state index in [1.165, 1.54) is 0 Å². The van der Waals surface area contributed by atoms with E-state index in [1.807, 2.05) is 42.1 Å². The van der Waals surface area contributed by atoms with Crippen molar-refractivity contribution >= 4 is 11.7 Å². The Morgan fingerprint density at radius 1 is 1.00 bits per heavy atom. The number of carbonyl (C=O) groups is 1. The maximum absolute atomic E-state index is 12.6. The number of nitrogen functional groups attached to an aromatic ring is 1. The number of nitrogens with two attached hydrogens (primary N) is 1. The van der Waals surface area contributed by atoms with Crippen molar-refractivity contribution in [2.45, 2.75) is 6.54 Å². The first-order chi connectivity index (χ1) is 12.5. The van der Waals surface area contributed by atoms with Crippen LogP contribution in [-0.2, 0) is 13.6 Å². The third-order valence-corrected chi connectivity index (χ3v) is 4.39. The molecule has 2 N–H and O–H groups in total. The lowest BCUT2D eigenvalue weighted by molar-refractivity contribution is -0.667. The first-order valence-electron chi connectivity index (χ1n) is 8.19. The van der Waals surface area contributed by atoms with Crippen molar-refractivity contribution in [3.05, 3.63) is 60.3 Å². The first kappa shape index (κ1) is 17.5. The highest BCUT2D eigenvalue weighted by Crippen LogP contribution is 2.23. The smallest absolute Gasteiger partial charge is 0.355 e. The number of imidazole rings is 1. The highest BCUT2D eigenvalue weighted by molar-refractivity contribution is 5.95. The van der Waals surface area contributed by atoms with Gasteiger partial charge in [0.2, 0.25) is 0 Å². The van der Waals surface area contributed by atoms with Gasteiger partial charge in [-0.2, -0.15) is 0 Å². The minimum Gasteiger partial charge on any atom is -0.497 e. The minimum absolute atomic E-state index is 0.0174. The van der Waals surface area contributed by atoms with Crippen molar-refractivity contribution in [3.8, 4) is 22.8 Å². The zero-order valence-corrected chi connectivity index (χ0v) is 15.1. The molecular formula is C20H22N3O3+. The van der Waals surface area contributed by atoms with Gasteiger partial charge in [-0.05, 0) is 48.5 Å². The van der Waals surface area contributed by atoms with Crippen LogP contribution in [0.1, 0.15) is 10.4 Å². The fourth-order valence-corrected chi connectivity index (χ4v) is 2.80. The molecular weight excluding hydrogens is 330 g/mol. The third-order valence-electron chi connectivity index (χ3n) is 4.39. The summed E-state index contributed by atoms with van der Waals surface area (Å²) in [6, 6.07) is 14.8. The number of carbonyl (C=O) groups excluding carboxylic acids is 1. The quantitative estimate of drug-likeness (QED) is 0.546. The van der Waals surface area contributed by atoms with E-state index >= 15 is 0 Å². The summed E-state index contributed by atoms with van der Waals surface area (Å²) in [5, 5.41) is 0. The molecule has 6 heteroatoms. The molecule has 0 unspecified atom stereocenters. The minimum atomic E-state index is -0.0174. The van der Waals surface area contributed by atoms with Gasteiger partial charge in [0, 0.05) is 11.1 Å². The summed E-state index contributed by atoms with van der Waals surface area (Å²) >= 11 is 0. The van der Waals surface area contributed by atoms with Crippen LogP contribution >= 0.6 is 0 Å². The molecule has 0 saturated heterocycles. The van der Waals surface area contributed by atoms with Crippen LogP contribution in [0.25, 0.3) is 11.3 Å². The summed E-state index contributed by atoms with van der Waals surface area (Å²) in [6.45, 7) is 0.169. The predicted molar refractivity (Wildman–Crippen MR) is 99.3 cm³/mol. The van der Waals surface area contributed by atoms with Crippen LogP contribution < -0.4 is 19.8 Å². The lowest BCUT2D eigenvalue weighted by Crippen LogP contribution is -2.39. The summed E-state index contributed by atoms with van der Waals surface area (Å²) in [6.07, 6.45) is 1.89. The second-order valence-electron chi connectivity index (χ2n) is 5.94. The molecule has 0 amide bonds. The molecule has 2 aromatic carbocycles. The van der Waals surface area contributed by atoms with E-state index in [-0.39, 0.29) is 12.3 Å². The van der Waals surface area contributed by atoms with Gasteiger partial charge in [-0.3, -0.25) is 10.5 Å². The Labute approximate surface area is 152 Å². The number of rotatable bonds is 6. The Kier molecular flexibility index (Phi) is 4.93. The van der Waals surface area contributed by atoms with E-state index < -0.39 is 0 Å². The van der Waals surface area contributed by atoms with Crippen molar-refractivity contribution < 1.29 is 18.8 Å². The molecule has 0 fully saturated rings. The molecule has 26 heavy (non-hydrogen) atoms. The number of nitrogens with zero attached hydrogens (tertiary/aromatic N) is 2. The molecule has 0 radical (unpaired) electrons. The molecule has 0 aliphatic carbocycles. The van der Waals surface area contributed by atoms with Gasteiger partial charge in [0.25, 0.3) is 0 Å². The number of aromatic nitrogens is 2. The van der Waals surface area contributed by atoms with E-state index in [0.29, 0.717) is 11.5 Å². The van der Waals surface area contributed by atoms with Gasteiger partial charge in [0.15, 0.2) is 5.78 Å². The van der Waals surface area contributed by atoms with Gasteiger partial charge in [0.05, 0.1) is 21.3 Å². The SMILES string of the molecule is COc1ccc(C(=O)C[n+]2cc(-c3ccc(OC)cc3)n(C)c2N)cc1. The summed E-state index contributed by atoms with van der Waals surface area (Å²) in [5.41, 5.74) is 8.74. The van der Waals surface area contributed by atoms with Crippen LogP contribution in [0, 0.1) is 0 Å². The van der Waals surface area contributed by atoms with E-state index in [4.69, 9.17) is 15.2 Å². The number of Topliss-reactive ketones (excluding diaryl/α,β-unsaturated/α-hetero) is 1. The number of anilines is 1. The standard InChI is InChI=1S/C20H21N3O3/c1-22-18(14-4-8-16(25-2)9-5-14)12-23(20(22)21)13-19(24)15-6-10-17(26-3)11-7-15/h4-12,21H,13H2,1-3H3/p+1. The second kappa shape index (κ2) is 7.31. The van der Waals surface area contributed by atoms with Crippen LogP contribution in [0.4, 0.5) is 5.95 Å². The lowest BCUT2D eigenvalue weighted by atomic mass is 10.1. The summed E-state index contributed by atoms with van der Waals surface area (Å²) in [7, 11) is 5.11. The average molecular weight is 352 g/mol. The first-order valence-corrected chi connectivity index (χ1v) is 8.19. The fourth-order valence-electron chi connectivity index (χ4n) is 2.80. The molecule has 1 aromatic heterocycles. The Hall–Kier alpha value is -3.28. The summed E-state index contributed by atoms with van der Waals surface area (Å²) < 4.78 is 13.9. The van der Waals surface area contributed by atoms with Crippen molar-refractivity contribution in [1.82, 2.24) is 4.57 Å². The van der Waals surface area contributed by atoms with E-state index in [9.17, 15) is 4.79 Å².